The van der Waals surface area contributed by atoms with E-state index in [4.69, 9.17) is 4.74 Å². The van der Waals surface area contributed by atoms with Gasteiger partial charge in [0.25, 0.3) is 5.91 Å². The number of nitrogens with zero attached hydrogens (tertiary/aromatic N) is 2. The van der Waals surface area contributed by atoms with Gasteiger partial charge in [-0.25, -0.2) is 4.98 Å². The molecule has 0 unspecified atom stereocenters. The van der Waals surface area contributed by atoms with E-state index in [1.165, 1.54) is 0 Å². The Morgan fingerprint density at radius 3 is 2.38 bits per heavy atom. The highest BCUT2D eigenvalue weighted by Crippen LogP contribution is 2.17. The number of hydrogen-bond acceptors (Lipinski definition) is 4. The van der Waals surface area contributed by atoms with Crippen LogP contribution in [-0.4, -0.2) is 27.2 Å². The number of carbonyl (C=O) groups excluding carboxylic acids is 1. The van der Waals surface area contributed by atoms with E-state index in [1.807, 2.05) is 39.8 Å². The summed E-state index contributed by atoms with van der Waals surface area (Å²) in [5, 5.41) is 9.43. The summed E-state index contributed by atoms with van der Waals surface area (Å²) in [7, 11) is 0. The van der Waals surface area contributed by atoms with Crippen molar-refractivity contribution >= 4 is 11.6 Å². The zero-order valence-electron chi connectivity index (χ0n) is 12.7. The van der Waals surface area contributed by atoms with Crippen molar-refractivity contribution in [2.24, 2.45) is 0 Å². The van der Waals surface area contributed by atoms with Crippen LogP contribution in [0.4, 0.5) is 5.69 Å². The molecule has 0 aliphatic carbocycles. The highest BCUT2D eigenvalue weighted by molar-refractivity contribution is 6.01. The molecule has 0 spiro atoms. The van der Waals surface area contributed by atoms with Gasteiger partial charge in [0.05, 0.1) is 6.10 Å². The Morgan fingerprint density at radius 1 is 1.19 bits per heavy atom. The first-order valence-electron chi connectivity index (χ1n) is 6.96. The molecule has 1 amide bonds. The first-order valence-corrected chi connectivity index (χ1v) is 6.96. The fourth-order valence-electron chi connectivity index (χ4n) is 1.71. The van der Waals surface area contributed by atoms with Crippen LogP contribution in [0.1, 0.15) is 50.1 Å². The zero-order chi connectivity index (χ0) is 15.4. The number of rotatable bonds is 5. The van der Waals surface area contributed by atoms with Gasteiger partial charge in [0.1, 0.15) is 11.6 Å². The second-order valence-electron chi connectivity index (χ2n) is 5.34. The van der Waals surface area contributed by atoms with E-state index in [0.29, 0.717) is 11.5 Å². The summed E-state index contributed by atoms with van der Waals surface area (Å²) in [5.41, 5.74) is 0.673. The first kappa shape index (κ1) is 15.0. The number of ether oxygens (including phenoxy) is 1. The molecule has 1 aromatic carbocycles. The van der Waals surface area contributed by atoms with E-state index in [1.54, 1.807) is 12.1 Å². The lowest BCUT2D eigenvalue weighted by Crippen LogP contribution is -2.14. The normalized spacial score (nSPS) is 11.0. The number of H-pyrrole nitrogens is 1. The van der Waals surface area contributed by atoms with E-state index < -0.39 is 0 Å². The Kier molecular flexibility index (Phi) is 4.57. The molecule has 6 heteroatoms. The standard InChI is InChI=1S/C15H20N4O2/c1-9(2)13-17-14(19-18-13)15(20)16-11-5-7-12(8-6-11)21-10(3)4/h5-10H,1-4H3,(H,16,20)(H,17,18,19). The summed E-state index contributed by atoms with van der Waals surface area (Å²) in [6.45, 7) is 7.89. The minimum atomic E-state index is -0.337. The van der Waals surface area contributed by atoms with Crippen LogP contribution in [0.25, 0.3) is 0 Å². The third kappa shape index (κ3) is 4.05. The van der Waals surface area contributed by atoms with Crippen molar-refractivity contribution in [3.8, 4) is 5.75 Å². The largest absolute Gasteiger partial charge is 0.491 e. The van der Waals surface area contributed by atoms with Crippen molar-refractivity contribution in [3.63, 3.8) is 0 Å². The third-order valence-electron chi connectivity index (χ3n) is 2.74. The Labute approximate surface area is 123 Å². The van der Waals surface area contributed by atoms with Gasteiger partial charge >= 0.3 is 0 Å². The summed E-state index contributed by atoms with van der Waals surface area (Å²) in [6.07, 6.45) is 0.119. The molecule has 2 N–H and O–H groups in total. The average Bonchev–Trinajstić information content (AvgIpc) is 2.90. The van der Waals surface area contributed by atoms with Gasteiger partial charge in [-0.15, -0.1) is 5.10 Å². The maximum Gasteiger partial charge on any atom is 0.295 e. The number of aromatic nitrogens is 3. The van der Waals surface area contributed by atoms with E-state index in [0.717, 1.165) is 5.75 Å². The van der Waals surface area contributed by atoms with Crippen LogP contribution in [0.2, 0.25) is 0 Å². The fraction of sp³-hybridized carbons (Fsp3) is 0.400. The molecule has 0 atom stereocenters. The summed E-state index contributed by atoms with van der Waals surface area (Å²) in [4.78, 5) is 16.2. The van der Waals surface area contributed by atoms with Crippen molar-refractivity contribution < 1.29 is 9.53 Å². The lowest BCUT2D eigenvalue weighted by Gasteiger charge is -2.10. The molecule has 2 rings (SSSR count). The molecular formula is C15H20N4O2. The summed E-state index contributed by atoms with van der Waals surface area (Å²) < 4.78 is 5.55. The van der Waals surface area contributed by atoms with Gasteiger partial charge < -0.3 is 10.1 Å². The van der Waals surface area contributed by atoms with Gasteiger partial charge in [0.15, 0.2) is 0 Å². The number of benzene rings is 1. The first-order chi connectivity index (χ1) is 9.95. The van der Waals surface area contributed by atoms with E-state index in [9.17, 15) is 4.79 Å². The third-order valence-corrected chi connectivity index (χ3v) is 2.74. The quantitative estimate of drug-likeness (QED) is 0.886. The molecule has 0 aliphatic heterocycles. The average molecular weight is 288 g/mol. The second-order valence-corrected chi connectivity index (χ2v) is 5.34. The highest BCUT2D eigenvalue weighted by atomic mass is 16.5. The SMILES string of the molecule is CC(C)Oc1ccc(NC(=O)c2n[nH]c(C(C)C)n2)cc1. The van der Waals surface area contributed by atoms with Crippen molar-refractivity contribution in [2.75, 3.05) is 5.32 Å². The molecule has 21 heavy (non-hydrogen) atoms. The number of amides is 1. The lowest BCUT2D eigenvalue weighted by molar-refractivity contribution is 0.101. The topological polar surface area (TPSA) is 79.9 Å². The zero-order valence-corrected chi connectivity index (χ0v) is 12.7. The highest BCUT2D eigenvalue weighted by Gasteiger charge is 2.14. The molecule has 1 aromatic heterocycles. The van der Waals surface area contributed by atoms with Crippen LogP contribution >= 0.6 is 0 Å². The number of nitrogens with one attached hydrogen (secondary N) is 2. The smallest absolute Gasteiger partial charge is 0.295 e. The van der Waals surface area contributed by atoms with Gasteiger partial charge in [0.2, 0.25) is 5.82 Å². The van der Waals surface area contributed by atoms with Crippen LogP contribution in [0.15, 0.2) is 24.3 Å². The Balaban J connectivity index is 2.01. The molecule has 0 bridgehead atoms. The van der Waals surface area contributed by atoms with E-state index >= 15 is 0 Å². The van der Waals surface area contributed by atoms with Gasteiger partial charge in [0, 0.05) is 11.6 Å². The summed E-state index contributed by atoms with van der Waals surface area (Å²) >= 11 is 0. The maximum atomic E-state index is 12.0. The van der Waals surface area contributed by atoms with Crippen molar-refractivity contribution in [3.05, 3.63) is 35.9 Å². The molecule has 6 nitrogen and oxygen atoms in total. The van der Waals surface area contributed by atoms with Crippen LogP contribution in [0.3, 0.4) is 0 Å². The van der Waals surface area contributed by atoms with Gasteiger partial charge in [-0.05, 0) is 38.1 Å². The van der Waals surface area contributed by atoms with Crippen LogP contribution in [0.5, 0.6) is 5.75 Å². The Morgan fingerprint density at radius 2 is 1.86 bits per heavy atom. The summed E-state index contributed by atoms with van der Waals surface area (Å²) in [6, 6.07) is 7.19. The summed E-state index contributed by atoms with van der Waals surface area (Å²) in [5.74, 6) is 1.47. The molecule has 0 saturated carbocycles. The minimum absolute atomic E-state index is 0.119. The van der Waals surface area contributed by atoms with Gasteiger partial charge in [-0.1, -0.05) is 13.8 Å². The fourth-order valence-corrected chi connectivity index (χ4v) is 1.71. The van der Waals surface area contributed by atoms with Crippen molar-refractivity contribution in [1.29, 1.82) is 0 Å². The second kappa shape index (κ2) is 6.39. The monoisotopic (exact) mass is 288 g/mol. The van der Waals surface area contributed by atoms with Gasteiger partial charge in [-0.2, -0.15) is 0 Å². The van der Waals surface area contributed by atoms with Crippen LogP contribution in [0, 0.1) is 0 Å². The Bertz CT molecular complexity index is 602. The van der Waals surface area contributed by atoms with E-state index in [-0.39, 0.29) is 23.8 Å². The minimum Gasteiger partial charge on any atom is -0.491 e. The predicted molar refractivity (Wildman–Crippen MR) is 80.6 cm³/mol. The maximum absolute atomic E-state index is 12.0. The molecule has 0 saturated heterocycles. The number of carbonyl (C=O) groups is 1. The number of aromatic amines is 1. The molecule has 2 aromatic rings. The van der Waals surface area contributed by atoms with Crippen LogP contribution in [-0.2, 0) is 0 Å². The molecule has 112 valence electrons. The number of anilines is 1. The molecule has 0 fully saturated rings. The molecule has 0 aliphatic rings. The molecule has 1 heterocycles. The number of hydrogen-bond donors (Lipinski definition) is 2. The lowest BCUT2D eigenvalue weighted by atomic mass is 10.2. The van der Waals surface area contributed by atoms with E-state index in [2.05, 4.69) is 20.5 Å². The van der Waals surface area contributed by atoms with Crippen molar-refractivity contribution in [1.82, 2.24) is 15.2 Å². The predicted octanol–water partition coefficient (Wildman–Crippen LogP) is 2.97. The molecule has 0 radical (unpaired) electrons. The Hall–Kier alpha value is -2.37. The van der Waals surface area contributed by atoms with Gasteiger partial charge in [-0.3, -0.25) is 9.89 Å². The van der Waals surface area contributed by atoms with Crippen molar-refractivity contribution in [2.45, 2.75) is 39.7 Å². The molecular weight excluding hydrogens is 268 g/mol. The van der Waals surface area contributed by atoms with Crippen LogP contribution < -0.4 is 10.1 Å².